The van der Waals surface area contributed by atoms with Gasteiger partial charge in [0.25, 0.3) is 5.91 Å². The summed E-state index contributed by atoms with van der Waals surface area (Å²) < 4.78 is 0. The third-order valence-corrected chi connectivity index (χ3v) is 4.98. The lowest BCUT2D eigenvalue weighted by Crippen LogP contribution is -2.34. The van der Waals surface area contributed by atoms with Crippen molar-refractivity contribution >= 4 is 29.1 Å². The molecule has 0 radical (unpaired) electrons. The summed E-state index contributed by atoms with van der Waals surface area (Å²) in [6.07, 6.45) is 3.46. The van der Waals surface area contributed by atoms with E-state index in [0.717, 1.165) is 19.3 Å². The number of benzene rings is 1. The second-order valence-corrected chi connectivity index (χ2v) is 7.22. The molecule has 2 unspecified atom stereocenters. The number of hydrogen-bond donors (Lipinski definition) is 2. The lowest BCUT2D eigenvalue weighted by atomic mass is 9.85. The molecular weight excluding hydrogens is 326 g/mol. The van der Waals surface area contributed by atoms with Gasteiger partial charge in [0.15, 0.2) is 0 Å². The standard InChI is InChI=1S/C18H26ClN3O2/c1-11(2)22(3)18(24)13-7-8-15(19)16(10-13)21-17(23)12-5-4-6-14(20)9-12/h7-8,10-12,14H,4-6,9,20H2,1-3H3,(H,21,23). The van der Waals surface area contributed by atoms with E-state index in [1.807, 2.05) is 13.8 Å². The maximum Gasteiger partial charge on any atom is 0.253 e. The Bertz CT molecular complexity index is 618. The van der Waals surface area contributed by atoms with Crippen molar-refractivity contribution in [3.63, 3.8) is 0 Å². The van der Waals surface area contributed by atoms with Crippen LogP contribution in [-0.4, -0.2) is 35.8 Å². The molecule has 1 saturated carbocycles. The molecule has 2 amide bonds. The monoisotopic (exact) mass is 351 g/mol. The van der Waals surface area contributed by atoms with Gasteiger partial charge >= 0.3 is 0 Å². The van der Waals surface area contributed by atoms with Crippen LogP contribution in [0.3, 0.4) is 0 Å². The molecule has 6 heteroatoms. The summed E-state index contributed by atoms with van der Waals surface area (Å²) >= 11 is 6.19. The van der Waals surface area contributed by atoms with E-state index in [9.17, 15) is 9.59 Å². The molecule has 0 heterocycles. The molecule has 1 aliphatic rings. The fourth-order valence-electron chi connectivity index (χ4n) is 2.89. The van der Waals surface area contributed by atoms with Gasteiger partial charge in [0.1, 0.15) is 0 Å². The van der Waals surface area contributed by atoms with E-state index in [0.29, 0.717) is 22.7 Å². The highest BCUT2D eigenvalue weighted by Crippen LogP contribution is 2.28. The van der Waals surface area contributed by atoms with Crippen molar-refractivity contribution in [2.45, 2.75) is 51.6 Å². The molecular formula is C18H26ClN3O2. The second-order valence-electron chi connectivity index (χ2n) is 6.82. The largest absolute Gasteiger partial charge is 0.339 e. The number of rotatable bonds is 4. The molecule has 1 aliphatic carbocycles. The number of carbonyl (C=O) groups excluding carboxylic acids is 2. The fourth-order valence-corrected chi connectivity index (χ4v) is 3.06. The van der Waals surface area contributed by atoms with E-state index in [-0.39, 0.29) is 29.8 Å². The van der Waals surface area contributed by atoms with Gasteiger partial charge in [-0.2, -0.15) is 0 Å². The van der Waals surface area contributed by atoms with Crippen LogP contribution in [-0.2, 0) is 4.79 Å². The zero-order valence-electron chi connectivity index (χ0n) is 14.5. The van der Waals surface area contributed by atoms with Crippen LogP contribution in [0.15, 0.2) is 18.2 Å². The van der Waals surface area contributed by atoms with E-state index in [1.54, 1.807) is 30.1 Å². The lowest BCUT2D eigenvalue weighted by molar-refractivity contribution is -0.120. The normalized spacial score (nSPS) is 20.8. The molecule has 1 fully saturated rings. The Morgan fingerprint density at radius 3 is 2.67 bits per heavy atom. The molecule has 3 N–H and O–H groups in total. The van der Waals surface area contributed by atoms with Crippen LogP contribution >= 0.6 is 11.6 Å². The van der Waals surface area contributed by atoms with E-state index < -0.39 is 0 Å². The Balaban J connectivity index is 2.14. The van der Waals surface area contributed by atoms with Gasteiger partial charge in [0.2, 0.25) is 5.91 Å². The van der Waals surface area contributed by atoms with Gasteiger partial charge in [-0.05, 0) is 51.3 Å². The molecule has 132 valence electrons. The summed E-state index contributed by atoms with van der Waals surface area (Å²) in [7, 11) is 1.75. The minimum Gasteiger partial charge on any atom is -0.339 e. The van der Waals surface area contributed by atoms with Crippen LogP contribution in [0.4, 0.5) is 5.69 Å². The van der Waals surface area contributed by atoms with Crippen LogP contribution in [0, 0.1) is 5.92 Å². The fraction of sp³-hybridized carbons (Fsp3) is 0.556. The highest BCUT2D eigenvalue weighted by Gasteiger charge is 2.26. The third kappa shape index (κ3) is 4.48. The summed E-state index contributed by atoms with van der Waals surface area (Å²) in [6, 6.07) is 5.14. The van der Waals surface area contributed by atoms with Gasteiger partial charge in [0, 0.05) is 30.6 Å². The zero-order chi connectivity index (χ0) is 17.9. The van der Waals surface area contributed by atoms with E-state index in [4.69, 9.17) is 17.3 Å². The number of carbonyl (C=O) groups is 2. The molecule has 0 spiro atoms. The van der Waals surface area contributed by atoms with Gasteiger partial charge in [-0.25, -0.2) is 0 Å². The minimum atomic E-state index is -0.100. The highest BCUT2D eigenvalue weighted by molar-refractivity contribution is 6.33. The number of hydrogen-bond acceptors (Lipinski definition) is 3. The van der Waals surface area contributed by atoms with Crippen LogP contribution < -0.4 is 11.1 Å². The smallest absolute Gasteiger partial charge is 0.253 e. The number of nitrogens with one attached hydrogen (secondary N) is 1. The topological polar surface area (TPSA) is 75.4 Å². The van der Waals surface area contributed by atoms with Gasteiger partial charge in [-0.15, -0.1) is 0 Å². The SMILES string of the molecule is CC(C)N(C)C(=O)c1ccc(Cl)c(NC(=O)C2CCCC(N)C2)c1. The Morgan fingerprint density at radius 1 is 1.33 bits per heavy atom. The molecule has 0 aliphatic heterocycles. The average molecular weight is 352 g/mol. The first-order chi connectivity index (χ1) is 11.3. The Kier molecular flexibility index (Phi) is 6.24. The number of nitrogens with two attached hydrogens (primary N) is 1. The van der Waals surface area contributed by atoms with E-state index in [1.165, 1.54) is 0 Å². The molecule has 5 nitrogen and oxygen atoms in total. The summed E-state index contributed by atoms with van der Waals surface area (Å²) in [5.41, 5.74) is 6.94. The van der Waals surface area contributed by atoms with Crippen LogP contribution in [0.5, 0.6) is 0 Å². The molecule has 0 aromatic heterocycles. The molecule has 2 atom stereocenters. The second kappa shape index (κ2) is 7.99. The van der Waals surface area contributed by atoms with E-state index >= 15 is 0 Å². The Hall–Kier alpha value is -1.59. The lowest BCUT2D eigenvalue weighted by Gasteiger charge is -2.26. The molecule has 0 saturated heterocycles. The molecule has 2 rings (SSSR count). The predicted molar refractivity (Wildman–Crippen MR) is 97.2 cm³/mol. The van der Waals surface area contributed by atoms with Crippen molar-refractivity contribution in [2.24, 2.45) is 11.7 Å². The van der Waals surface area contributed by atoms with Gasteiger partial charge in [0.05, 0.1) is 10.7 Å². The van der Waals surface area contributed by atoms with Crippen molar-refractivity contribution in [1.82, 2.24) is 4.90 Å². The van der Waals surface area contributed by atoms with Crippen LogP contribution in [0.1, 0.15) is 49.9 Å². The van der Waals surface area contributed by atoms with E-state index in [2.05, 4.69) is 5.32 Å². The van der Waals surface area contributed by atoms with Crippen molar-refractivity contribution < 1.29 is 9.59 Å². The van der Waals surface area contributed by atoms with Crippen LogP contribution in [0.25, 0.3) is 0 Å². The molecule has 0 bridgehead atoms. The number of amides is 2. The van der Waals surface area contributed by atoms with Gasteiger partial charge in [-0.3, -0.25) is 9.59 Å². The summed E-state index contributed by atoms with van der Waals surface area (Å²) in [5, 5.41) is 3.29. The maximum atomic E-state index is 12.5. The quantitative estimate of drug-likeness (QED) is 0.874. The number of anilines is 1. The van der Waals surface area contributed by atoms with Crippen molar-refractivity contribution in [3.8, 4) is 0 Å². The molecule has 24 heavy (non-hydrogen) atoms. The third-order valence-electron chi connectivity index (χ3n) is 4.65. The summed E-state index contributed by atoms with van der Waals surface area (Å²) in [4.78, 5) is 26.5. The first-order valence-corrected chi connectivity index (χ1v) is 8.80. The average Bonchev–Trinajstić information content (AvgIpc) is 2.55. The van der Waals surface area contributed by atoms with Crippen molar-refractivity contribution in [3.05, 3.63) is 28.8 Å². The minimum absolute atomic E-state index is 0.0751. The highest BCUT2D eigenvalue weighted by atomic mass is 35.5. The van der Waals surface area contributed by atoms with Crippen molar-refractivity contribution in [1.29, 1.82) is 0 Å². The summed E-state index contributed by atoms with van der Waals surface area (Å²) in [6.45, 7) is 3.89. The van der Waals surface area contributed by atoms with Gasteiger partial charge in [-0.1, -0.05) is 18.0 Å². The number of nitrogens with zero attached hydrogens (tertiary/aromatic N) is 1. The van der Waals surface area contributed by atoms with Crippen molar-refractivity contribution in [2.75, 3.05) is 12.4 Å². The first-order valence-electron chi connectivity index (χ1n) is 8.42. The Labute approximate surface area is 148 Å². The maximum absolute atomic E-state index is 12.5. The predicted octanol–water partition coefficient (Wildman–Crippen LogP) is 3.28. The molecule has 1 aromatic rings. The van der Waals surface area contributed by atoms with Gasteiger partial charge < -0.3 is 16.0 Å². The zero-order valence-corrected chi connectivity index (χ0v) is 15.3. The first kappa shape index (κ1) is 18.7. The summed E-state index contributed by atoms with van der Waals surface area (Å²) in [5.74, 6) is -0.270. The molecule has 1 aromatic carbocycles. The Morgan fingerprint density at radius 2 is 2.04 bits per heavy atom. The van der Waals surface area contributed by atoms with Crippen LogP contribution in [0.2, 0.25) is 5.02 Å². The number of halogens is 1.